The molecule has 132 valence electrons. The van der Waals surface area contributed by atoms with Crippen molar-refractivity contribution >= 4 is 29.0 Å². The Kier molecular flexibility index (Phi) is 4.14. The molecule has 9 heteroatoms. The Morgan fingerprint density at radius 3 is 2.62 bits per heavy atom. The number of halogens is 2. The second kappa shape index (κ2) is 6.35. The van der Waals surface area contributed by atoms with E-state index in [1.54, 1.807) is 25.3 Å². The van der Waals surface area contributed by atoms with Crippen molar-refractivity contribution in [1.82, 2.24) is 24.5 Å². The number of hydrogen-bond donors (Lipinski definition) is 1. The van der Waals surface area contributed by atoms with Crippen molar-refractivity contribution in [2.24, 2.45) is 5.73 Å². The summed E-state index contributed by atoms with van der Waals surface area (Å²) in [6.45, 7) is 3.94. The first kappa shape index (κ1) is 17.0. The molecule has 7 nitrogen and oxygen atoms in total. The summed E-state index contributed by atoms with van der Waals surface area (Å²) in [6.07, 6.45) is 1.79. The molecule has 4 rings (SSSR count). The minimum atomic E-state index is 0.302. The smallest absolute Gasteiger partial charge is 0.278 e. The Labute approximate surface area is 158 Å². The van der Waals surface area contributed by atoms with E-state index < -0.39 is 0 Å². The van der Waals surface area contributed by atoms with Gasteiger partial charge in [0.25, 0.3) is 5.89 Å². The van der Waals surface area contributed by atoms with E-state index in [-0.39, 0.29) is 0 Å². The van der Waals surface area contributed by atoms with Gasteiger partial charge in [0, 0.05) is 34.6 Å². The predicted octanol–water partition coefficient (Wildman–Crippen LogP) is 3.83. The van der Waals surface area contributed by atoms with Crippen LogP contribution in [0.15, 0.2) is 28.9 Å². The van der Waals surface area contributed by atoms with Gasteiger partial charge in [-0.2, -0.15) is 4.98 Å². The molecule has 0 fully saturated rings. The Bertz CT molecular complexity index is 1130. The molecular weight excluding hydrogens is 375 g/mol. The van der Waals surface area contributed by atoms with E-state index in [4.69, 9.17) is 33.5 Å². The zero-order valence-electron chi connectivity index (χ0n) is 14.0. The maximum absolute atomic E-state index is 6.45. The molecule has 3 aromatic heterocycles. The highest BCUT2D eigenvalue weighted by Crippen LogP contribution is 2.34. The van der Waals surface area contributed by atoms with Gasteiger partial charge in [-0.3, -0.25) is 4.40 Å². The molecule has 0 saturated carbocycles. The average Bonchev–Trinajstić information content (AvgIpc) is 3.20. The van der Waals surface area contributed by atoms with Gasteiger partial charge in [-0.05, 0) is 32.0 Å². The zero-order chi connectivity index (χ0) is 18.4. The second-order valence-electron chi connectivity index (χ2n) is 5.80. The van der Waals surface area contributed by atoms with Crippen LogP contribution in [0.3, 0.4) is 0 Å². The summed E-state index contributed by atoms with van der Waals surface area (Å²) in [4.78, 5) is 13.3. The summed E-state index contributed by atoms with van der Waals surface area (Å²) < 4.78 is 7.05. The van der Waals surface area contributed by atoms with E-state index in [0.717, 1.165) is 22.5 Å². The number of nitrogens with zero attached hydrogens (tertiary/aromatic N) is 5. The minimum Gasteiger partial charge on any atom is -0.332 e. The van der Waals surface area contributed by atoms with Crippen molar-refractivity contribution in [1.29, 1.82) is 0 Å². The summed E-state index contributed by atoms with van der Waals surface area (Å²) in [5, 5.41) is 4.88. The standard InChI is InChI=1S/C17H14Cl2N6O/c1-8-12(6-20)15(11-4-3-10(18)5-13(11)19)25-7-14(23-17(25)21-8)16-22-9(2)24-26-16/h3-5,7H,6,20H2,1-2H3. The van der Waals surface area contributed by atoms with Crippen LogP contribution in [-0.2, 0) is 6.54 Å². The summed E-state index contributed by atoms with van der Waals surface area (Å²) >= 11 is 12.5. The fraction of sp³-hybridized carbons (Fsp3) is 0.176. The molecule has 1 aromatic carbocycles. The molecule has 0 amide bonds. The molecule has 26 heavy (non-hydrogen) atoms. The largest absolute Gasteiger partial charge is 0.332 e. The van der Waals surface area contributed by atoms with E-state index in [1.807, 2.05) is 17.4 Å². The second-order valence-corrected chi connectivity index (χ2v) is 6.64. The summed E-state index contributed by atoms with van der Waals surface area (Å²) in [6, 6.07) is 5.33. The third-order valence-electron chi connectivity index (χ3n) is 4.06. The van der Waals surface area contributed by atoms with E-state index in [1.165, 1.54) is 0 Å². The van der Waals surface area contributed by atoms with Gasteiger partial charge >= 0.3 is 0 Å². The number of aromatic nitrogens is 5. The van der Waals surface area contributed by atoms with Gasteiger partial charge in [-0.15, -0.1) is 0 Å². The average molecular weight is 389 g/mol. The van der Waals surface area contributed by atoms with Gasteiger partial charge in [0.05, 0.1) is 10.7 Å². The number of benzene rings is 1. The van der Waals surface area contributed by atoms with Gasteiger partial charge in [0.15, 0.2) is 5.82 Å². The summed E-state index contributed by atoms with van der Waals surface area (Å²) in [5.41, 5.74) is 9.77. The lowest BCUT2D eigenvalue weighted by Crippen LogP contribution is -2.08. The SMILES string of the molecule is Cc1noc(-c2cn3c(-c4ccc(Cl)cc4Cl)c(CN)c(C)nc3n2)n1. The first-order chi connectivity index (χ1) is 12.5. The Morgan fingerprint density at radius 2 is 1.96 bits per heavy atom. The van der Waals surface area contributed by atoms with Gasteiger partial charge in [-0.1, -0.05) is 28.4 Å². The Balaban J connectivity index is 2.04. The van der Waals surface area contributed by atoms with E-state index in [2.05, 4.69) is 20.1 Å². The normalized spacial score (nSPS) is 11.4. The first-order valence-corrected chi connectivity index (χ1v) is 8.58. The molecular formula is C17H14Cl2N6O. The fourth-order valence-corrected chi connectivity index (χ4v) is 3.37. The van der Waals surface area contributed by atoms with Crippen LogP contribution in [-0.4, -0.2) is 24.5 Å². The van der Waals surface area contributed by atoms with Gasteiger partial charge < -0.3 is 10.3 Å². The van der Waals surface area contributed by atoms with Crippen LogP contribution in [0.5, 0.6) is 0 Å². The van der Waals surface area contributed by atoms with Crippen LogP contribution >= 0.6 is 23.2 Å². The number of nitrogens with two attached hydrogens (primary N) is 1. The topological polar surface area (TPSA) is 95.1 Å². The summed E-state index contributed by atoms with van der Waals surface area (Å²) in [7, 11) is 0. The molecule has 0 radical (unpaired) electrons. The van der Waals surface area contributed by atoms with Gasteiger partial charge in [-0.25, -0.2) is 9.97 Å². The van der Waals surface area contributed by atoms with Crippen LogP contribution in [0.2, 0.25) is 10.0 Å². The highest BCUT2D eigenvalue weighted by molar-refractivity contribution is 6.36. The molecule has 0 spiro atoms. The highest BCUT2D eigenvalue weighted by Gasteiger charge is 2.20. The van der Waals surface area contributed by atoms with Crippen LogP contribution < -0.4 is 5.73 Å². The lowest BCUT2D eigenvalue weighted by molar-refractivity contribution is 0.424. The third-order valence-corrected chi connectivity index (χ3v) is 4.60. The Hall–Kier alpha value is -2.48. The Morgan fingerprint density at radius 1 is 1.15 bits per heavy atom. The zero-order valence-corrected chi connectivity index (χ0v) is 15.5. The molecule has 2 N–H and O–H groups in total. The molecule has 0 aliphatic heterocycles. The van der Waals surface area contributed by atoms with Crippen molar-refractivity contribution in [3.63, 3.8) is 0 Å². The predicted molar refractivity (Wildman–Crippen MR) is 99.1 cm³/mol. The number of rotatable bonds is 3. The van der Waals surface area contributed by atoms with Crippen LogP contribution in [0.4, 0.5) is 0 Å². The quantitative estimate of drug-likeness (QED) is 0.572. The third kappa shape index (κ3) is 2.74. The number of fused-ring (bicyclic) bond motifs is 1. The van der Waals surface area contributed by atoms with Crippen molar-refractivity contribution in [2.75, 3.05) is 0 Å². The van der Waals surface area contributed by atoms with Crippen LogP contribution in [0, 0.1) is 13.8 Å². The monoisotopic (exact) mass is 388 g/mol. The van der Waals surface area contributed by atoms with Crippen molar-refractivity contribution in [3.05, 3.63) is 51.5 Å². The molecule has 3 heterocycles. The van der Waals surface area contributed by atoms with E-state index >= 15 is 0 Å². The van der Waals surface area contributed by atoms with E-state index in [9.17, 15) is 0 Å². The van der Waals surface area contributed by atoms with Gasteiger partial charge in [0.1, 0.15) is 5.69 Å². The first-order valence-electron chi connectivity index (χ1n) is 7.82. The van der Waals surface area contributed by atoms with E-state index in [0.29, 0.717) is 39.8 Å². The summed E-state index contributed by atoms with van der Waals surface area (Å²) in [5.74, 6) is 1.35. The number of aryl methyl sites for hydroxylation is 2. The highest BCUT2D eigenvalue weighted by atomic mass is 35.5. The number of hydrogen-bond acceptors (Lipinski definition) is 6. The number of imidazole rings is 1. The van der Waals surface area contributed by atoms with Crippen molar-refractivity contribution < 1.29 is 4.52 Å². The maximum atomic E-state index is 6.45. The molecule has 0 saturated heterocycles. The van der Waals surface area contributed by atoms with Crippen molar-refractivity contribution in [3.8, 4) is 22.8 Å². The molecule has 0 unspecified atom stereocenters. The molecule has 0 aliphatic rings. The fourth-order valence-electron chi connectivity index (χ4n) is 2.87. The lowest BCUT2D eigenvalue weighted by atomic mass is 10.0. The molecule has 0 atom stereocenters. The van der Waals surface area contributed by atoms with Crippen molar-refractivity contribution in [2.45, 2.75) is 20.4 Å². The maximum Gasteiger partial charge on any atom is 0.278 e. The van der Waals surface area contributed by atoms with Crippen LogP contribution in [0.1, 0.15) is 17.1 Å². The van der Waals surface area contributed by atoms with Gasteiger partial charge in [0.2, 0.25) is 5.78 Å². The molecule has 0 aliphatic carbocycles. The lowest BCUT2D eigenvalue weighted by Gasteiger charge is -2.14. The molecule has 4 aromatic rings. The minimum absolute atomic E-state index is 0.302. The van der Waals surface area contributed by atoms with Crippen LogP contribution in [0.25, 0.3) is 28.6 Å². The molecule has 0 bridgehead atoms.